The van der Waals surface area contributed by atoms with Crippen molar-refractivity contribution in [2.24, 2.45) is 0 Å². The zero-order valence-electron chi connectivity index (χ0n) is 21.2. The summed E-state index contributed by atoms with van der Waals surface area (Å²) < 4.78 is 23.3. The van der Waals surface area contributed by atoms with Gasteiger partial charge in [0.25, 0.3) is 0 Å². The van der Waals surface area contributed by atoms with Crippen molar-refractivity contribution in [2.45, 2.75) is 20.5 Å². The Morgan fingerprint density at radius 3 is 2.19 bits per heavy atom. The van der Waals surface area contributed by atoms with Crippen LogP contribution in [-0.2, 0) is 16.1 Å². The molecule has 0 aliphatic rings. The molecule has 0 atom stereocenters. The van der Waals surface area contributed by atoms with Gasteiger partial charge in [-0.2, -0.15) is 5.10 Å². The van der Waals surface area contributed by atoms with Crippen LogP contribution in [0.3, 0.4) is 0 Å². The quantitative estimate of drug-likeness (QED) is 0.284. The van der Waals surface area contributed by atoms with Gasteiger partial charge in [0.1, 0.15) is 17.9 Å². The molecule has 37 heavy (non-hydrogen) atoms. The van der Waals surface area contributed by atoms with Crippen LogP contribution in [0, 0.1) is 6.92 Å². The van der Waals surface area contributed by atoms with E-state index in [2.05, 4.69) is 5.10 Å². The zero-order valence-corrected chi connectivity index (χ0v) is 21.2. The fraction of sp³-hybridized carbons (Fsp3) is 0.207. The fourth-order valence-corrected chi connectivity index (χ4v) is 3.85. The van der Waals surface area contributed by atoms with Crippen LogP contribution in [0.5, 0.6) is 11.5 Å². The van der Waals surface area contributed by atoms with Gasteiger partial charge >= 0.3 is 11.9 Å². The van der Waals surface area contributed by atoms with Gasteiger partial charge in [-0.25, -0.2) is 14.3 Å². The molecule has 0 spiro atoms. The van der Waals surface area contributed by atoms with E-state index < -0.39 is 11.9 Å². The third kappa shape index (κ3) is 5.48. The minimum Gasteiger partial charge on any atom is -0.490 e. The second kappa shape index (κ2) is 11.4. The number of rotatable bonds is 9. The van der Waals surface area contributed by atoms with E-state index in [0.717, 1.165) is 5.56 Å². The van der Waals surface area contributed by atoms with Crippen LogP contribution in [0.25, 0.3) is 16.9 Å². The van der Waals surface area contributed by atoms with E-state index in [1.807, 2.05) is 56.3 Å². The normalized spacial score (nSPS) is 10.6. The maximum absolute atomic E-state index is 12.9. The first-order chi connectivity index (χ1) is 18.0. The predicted molar refractivity (Wildman–Crippen MR) is 138 cm³/mol. The molecular weight excluding hydrogens is 472 g/mol. The summed E-state index contributed by atoms with van der Waals surface area (Å²) in [5.41, 5.74) is 3.54. The lowest BCUT2D eigenvalue weighted by atomic mass is 10.0. The van der Waals surface area contributed by atoms with Gasteiger partial charge in [0.05, 0.1) is 26.5 Å². The van der Waals surface area contributed by atoms with Gasteiger partial charge in [0.2, 0.25) is 0 Å². The van der Waals surface area contributed by atoms with Crippen LogP contribution < -0.4 is 9.47 Å². The van der Waals surface area contributed by atoms with Crippen LogP contribution >= 0.6 is 0 Å². The Balaban J connectivity index is 1.81. The molecule has 0 saturated heterocycles. The molecule has 0 saturated carbocycles. The Labute approximate surface area is 215 Å². The molecule has 8 heteroatoms. The van der Waals surface area contributed by atoms with Gasteiger partial charge in [-0.05, 0) is 49.7 Å². The van der Waals surface area contributed by atoms with E-state index in [9.17, 15) is 9.59 Å². The van der Waals surface area contributed by atoms with Gasteiger partial charge in [0, 0.05) is 5.56 Å². The number of aromatic nitrogens is 2. The monoisotopic (exact) mass is 500 g/mol. The van der Waals surface area contributed by atoms with Crippen molar-refractivity contribution in [3.8, 4) is 28.4 Å². The van der Waals surface area contributed by atoms with Crippen molar-refractivity contribution < 1.29 is 28.5 Å². The third-order valence-electron chi connectivity index (χ3n) is 5.69. The highest BCUT2D eigenvalue weighted by Crippen LogP contribution is 2.36. The molecule has 190 valence electrons. The minimum atomic E-state index is -0.717. The lowest BCUT2D eigenvalue weighted by Gasteiger charge is -2.13. The number of esters is 2. The minimum absolute atomic E-state index is 0.00558. The fourth-order valence-electron chi connectivity index (χ4n) is 3.85. The Kier molecular flexibility index (Phi) is 7.88. The molecule has 0 N–H and O–H groups in total. The second-order valence-corrected chi connectivity index (χ2v) is 8.17. The number of methoxy groups -OCH3 is 2. The van der Waals surface area contributed by atoms with Crippen molar-refractivity contribution in [1.82, 2.24) is 9.78 Å². The molecule has 0 aliphatic heterocycles. The number of carbonyl (C=O) groups is 2. The summed E-state index contributed by atoms with van der Waals surface area (Å²) >= 11 is 0. The third-order valence-corrected chi connectivity index (χ3v) is 5.69. The molecule has 1 heterocycles. The highest BCUT2D eigenvalue weighted by atomic mass is 16.5. The number of ether oxygens (including phenoxy) is 4. The molecule has 4 aromatic rings. The largest absolute Gasteiger partial charge is 0.490 e. The first kappa shape index (κ1) is 25.5. The Bertz CT molecular complexity index is 1390. The molecule has 0 bridgehead atoms. The highest BCUT2D eigenvalue weighted by molar-refractivity contribution is 6.06. The van der Waals surface area contributed by atoms with Crippen molar-refractivity contribution in [3.05, 3.63) is 95.2 Å². The number of hydrogen-bond acceptors (Lipinski definition) is 7. The summed E-state index contributed by atoms with van der Waals surface area (Å²) in [4.78, 5) is 25.7. The molecule has 0 fully saturated rings. The van der Waals surface area contributed by atoms with Crippen LogP contribution in [0.2, 0.25) is 0 Å². The predicted octanol–water partition coefficient (Wildman–Crippen LogP) is 5.40. The molecule has 4 rings (SSSR count). The summed E-state index contributed by atoms with van der Waals surface area (Å²) in [5.74, 6) is -0.403. The maximum atomic E-state index is 12.9. The first-order valence-corrected chi connectivity index (χ1v) is 11.8. The number of nitrogens with zero attached hydrogens (tertiary/aromatic N) is 2. The van der Waals surface area contributed by atoms with Gasteiger partial charge in [-0.15, -0.1) is 0 Å². The van der Waals surface area contributed by atoms with Crippen molar-refractivity contribution >= 4 is 11.9 Å². The van der Waals surface area contributed by atoms with Crippen molar-refractivity contribution in [3.63, 3.8) is 0 Å². The van der Waals surface area contributed by atoms with E-state index in [-0.39, 0.29) is 17.0 Å². The van der Waals surface area contributed by atoms with E-state index >= 15 is 0 Å². The van der Waals surface area contributed by atoms with E-state index in [1.165, 1.54) is 24.5 Å². The topological polar surface area (TPSA) is 88.9 Å². The second-order valence-electron chi connectivity index (χ2n) is 8.17. The number of para-hydroxylation sites is 1. The first-order valence-electron chi connectivity index (χ1n) is 11.8. The Morgan fingerprint density at radius 1 is 0.838 bits per heavy atom. The lowest BCUT2D eigenvalue weighted by molar-refractivity contribution is 0.0549. The molecule has 1 aromatic heterocycles. The molecule has 8 nitrogen and oxygen atoms in total. The summed E-state index contributed by atoms with van der Waals surface area (Å²) in [7, 11) is 2.50. The molecule has 0 amide bonds. The van der Waals surface area contributed by atoms with Gasteiger partial charge in [-0.3, -0.25) is 0 Å². The Morgan fingerprint density at radius 2 is 1.54 bits per heavy atom. The average molecular weight is 501 g/mol. The molecule has 0 aliphatic carbocycles. The highest BCUT2D eigenvalue weighted by Gasteiger charge is 2.31. The van der Waals surface area contributed by atoms with Crippen LogP contribution in [0.15, 0.2) is 72.8 Å². The van der Waals surface area contributed by atoms with Crippen molar-refractivity contribution in [1.29, 1.82) is 0 Å². The maximum Gasteiger partial charge on any atom is 0.357 e. The summed E-state index contributed by atoms with van der Waals surface area (Å²) in [5, 5.41) is 4.64. The molecule has 0 unspecified atom stereocenters. The average Bonchev–Trinajstić information content (AvgIpc) is 3.34. The summed E-state index contributed by atoms with van der Waals surface area (Å²) in [6.45, 7) is 4.67. The van der Waals surface area contributed by atoms with E-state index in [4.69, 9.17) is 18.9 Å². The van der Waals surface area contributed by atoms with Crippen LogP contribution in [-0.4, -0.2) is 42.5 Å². The van der Waals surface area contributed by atoms with Gasteiger partial charge in [0.15, 0.2) is 17.2 Å². The van der Waals surface area contributed by atoms with Crippen LogP contribution in [0.1, 0.15) is 38.9 Å². The van der Waals surface area contributed by atoms with Crippen LogP contribution in [0.4, 0.5) is 0 Å². The summed E-state index contributed by atoms with van der Waals surface area (Å²) in [6.07, 6.45) is 0. The number of carbonyl (C=O) groups excluding carboxylic acids is 2. The standard InChI is InChI=1S/C29H28N2O6/c1-5-36-24-17-21(15-16-23(24)37-18-20-13-11-19(2)12-14-20)26-25(28(32)34-3)27(29(33)35-4)31(30-26)22-9-7-6-8-10-22/h6-17H,5,18H2,1-4H3. The molecule has 0 radical (unpaired) electrons. The lowest BCUT2D eigenvalue weighted by Crippen LogP contribution is -2.15. The summed E-state index contributed by atoms with van der Waals surface area (Å²) in [6, 6.07) is 22.3. The van der Waals surface area contributed by atoms with E-state index in [1.54, 1.807) is 30.3 Å². The number of hydrogen-bond donors (Lipinski definition) is 0. The number of benzene rings is 3. The van der Waals surface area contributed by atoms with Crippen molar-refractivity contribution in [2.75, 3.05) is 20.8 Å². The van der Waals surface area contributed by atoms with E-state index in [0.29, 0.717) is 36.0 Å². The zero-order chi connectivity index (χ0) is 26.4. The van der Waals surface area contributed by atoms with Gasteiger partial charge < -0.3 is 18.9 Å². The Hall–Kier alpha value is -4.59. The number of aryl methyl sites for hydroxylation is 1. The molecular formula is C29H28N2O6. The SMILES string of the molecule is CCOc1cc(-c2nn(-c3ccccc3)c(C(=O)OC)c2C(=O)OC)ccc1OCc1ccc(C)cc1. The smallest absolute Gasteiger partial charge is 0.357 e. The molecule has 3 aromatic carbocycles. The van der Waals surface area contributed by atoms with Gasteiger partial charge in [-0.1, -0.05) is 48.0 Å².